The van der Waals surface area contributed by atoms with Crippen molar-refractivity contribution in [2.75, 3.05) is 20.3 Å². The van der Waals surface area contributed by atoms with E-state index in [0.29, 0.717) is 29.2 Å². The molecule has 1 fully saturated rings. The van der Waals surface area contributed by atoms with Gasteiger partial charge in [0.15, 0.2) is 5.54 Å². The second-order valence-corrected chi connectivity index (χ2v) is 7.24. The zero-order valence-corrected chi connectivity index (χ0v) is 17.2. The first-order valence-electron chi connectivity index (χ1n) is 9.69. The minimum absolute atomic E-state index is 0.0120. The number of benzene rings is 2. The fourth-order valence-electron chi connectivity index (χ4n) is 3.81. The number of hydrogen-bond acceptors (Lipinski definition) is 5. The summed E-state index contributed by atoms with van der Waals surface area (Å²) in [6.45, 7) is 2.30. The molecule has 8 heteroatoms. The Morgan fingerprint density at radius 1 is 1.10 bits per heavy atom. The van der Waals surface area contributed by atoms with E-state index in [-0.39, 0.29) is 19.1 Å². The molecule has 2 aliphatic heterocycles. The highest BCUT2D eigenvalue weighted by molar-refractivity contribution is 6.08. The van der Waals surface area contributed by atoms with Crippen LogP contribution in [-0.2, 0) is 16.9 Å². The number of amides is 4. The van der Waals surface area contributed by atoms with Crippen LogP contribution in [0, 0.1) is 11.8 Å². The third-order valence-corrected chi connectivity index (χ3v) is 5.40. The fraction of sp³-hybridized carbons (Fsp3) is 0.261. The van der Waals surface area contributed by atoms with Crippen molar-refractivity contribution in [2.45, 2.75) is 19.0 Å². The summed E-state index contributed by atoms with van der Waals surface area (Å²) in [5.41, 5.74) is 0.512. The van der Waals surface area contributed by atoms with Crippen molar-refractivity contribution < 1.29 is 23.9 Å². The average molecular weight is 419 g/mol. The molecule has 4 amide bonds. The van der Waals surface area contributed by atoms with Gasteiger partial charge in [0.05, 0.1) is 13.7 Å². The van der Waals surface area contributed by atoms with Gasteiger partial charge in [0.25, 0.3) is 11.8 Å². The number of imide groups is 1. The molecule has 2 N–H and O–H groups in total. The van der Waals surface area contributed by atoms with Gasteiger partial charge in [-0.05, 0) is 42.3 Å². The van der Waals surface area contributed by atoms with E-state index in [1.54, 1.807) is 48.2 Å². The molecule has 0 saturated carbocycles. The lowest BCUT2D eigenvalue weighted by atomic mass is 9.89. The van der Waals surface area contributed by atoms with Crippen molar-refractivity contribution in [1.29, 1.82) is 0 Å². The van der Waals surface area contributed by atoms with Gasteiger partial charge in [0.2, 0.25) is 0 Å². The standard InChI is InChI=1S/C23H21N3O5/c1-3-4-11-31-17-9-6-16(7-10-17)23(21(28)24-22(29)25-23)14-26-13-15-5-8-18(30-2)12-19(15)20(26)27/h5-10,12H,11,13-14H2,1-2H3,(H2,24,25,28,29)/t23-/m0/s1. The first-order valence-corrected chi connectivity index (χ1v) is 9.69. The lowest BCUT2D eigenvalue weighted by Gasteiger charge is -2.31. The summed E-state index contributed by atoms with van der Waals surface area (Å²) in [4.78, 5) is 39.5. The third-order valence-electron chi connectivity index (χ3n) is 5.40. The van der Waals surface area contributed by atoms with Gasteiger partial charge in [-0.25, -0.2) is 4.79 Å². The fourth-order valence-corrected chi connectivity index (χ4v) is 3.81. The summed E-state index contributed by atoms with van der Waals surface area (Å²) >= 11 is 0. The second-order valence-electron chi connectivity index (χ2n) is 7.24. The Labute approximate surface area is 179 Å². The van der Waals surface area contributed by atoms with Crippen LogP contribution >= 0.6 is 0 Å². The number of nitrogens with one attached hydrogen (secondary N) is 2. The van der Waals surface area contributed by atoms with E-state index in [0.717, 1.165) is 5.56 Å². The van der Waals surface area contributed by atoms with Gasteiger partial charge < -0.3 is 19.7 Å². The second kappa shape index (κ2) is 8.03. The van der Waals surface area contributed by atoms with Gasteiger partial charge in [-0.3, -0.25) is 14.9 Å². The lowest BCUT2D eigenvalue weighted by Crippen LogP contribution is -2.52. The molecule has 2 heterocycles. The van der Waals surface area contributed by atoms with Crippen LogP contribution in [0.4, 0.5) is 4.79 Å². The largest absolute Gasteiger partial charge is 0.497 e. The molecule has 0 radical (unpaired) electrons. The van der Waals surface area contributed by atoms with E-state index >= 15 is 0 Å². The molecular weight excluding hydrogens is 398 g/mol. The van der Waals surface area contributed by atoms with Crippen molar-refractivity contribution in [2.24, 2.45) is 0 Å². The summed E-state index contributed by atoms with van der Waals surface area (Å²) in [6, 6.07) is 11.5. The lowest BCUT2D eigenvalue weighted by molar-refractivity contribution is -0.124. The smallest absolute Gasteiger partial charge is 0.322 e. The van der Waals surface area contributed by atoms with Gasteiger partial charge in [-0.1, -0.05) is 24.1 Å². The van der Waals surface area contributed by atoms with Crippen molar-refractivity contribution >= 4 is 17.8 Å². The van der Waals surface area contributed by atoms with Crippen LogP contribution in [0.3, 0.4) is 0 Å². The van der Waals surface area contributed by atoms with Crippen LogP contribution in [0.5, 0.6) is 11.5 Å². The summed E-state index contributed by atoms with van der Waals surface area (Å²) in [7, 11) is 1.54. The molecule has 0 bridgehead atoms. The number of methoxy groups -OCH3 is 1. The molecule has 2 aromatic rings. The Bertz CT molecular complexity index is 1120. The number of nitrogens with zero attached hydrogens (tertiary/aromatic N) is 1. The van der Waals surface area contributed by atoms with E-state index < -0.39 is 17.5 Å². The van der Waals surface area contributed by atoms with Crippen LogP contribution in [0.25, 0.3) is 0 Å². The third kappa shape index (κ3) is 3.66. The summed E-state index contributed by atoms with van der Waals surface area (Å²) in [5.74, 6) is 6.00. The average Bonchev–Trinajstić information content (AvgIpc) is 3.24. The summed E-state index contributed by atoms with van der Waals surface area (Å²) < 4.78 is 10.7. The van der Waals surface area contributed by atoms with Crippen molar-refractivity contribution in [3.63, 3.8) is 0 Å². The molecule has 1 saturated heterocycles. The van der Waals surface area contributed by atoms with Crippen molar-refractivity contribution in [1.82, 2.24) is 15.5 Å². The zero-order chi connectivity index (χ0) is 22.0. The van der Waals surface area contributed by atoms with Crippen molar-refractivity contribution in [3.05, 3.63) is 59.2 Å². The molecule has 0 aliphatic carbocycles. The molecule has 8 nitrogen and oxygen atoms in total. The molecule has 1 atom stereocenters. The minimum Gasteiger partial charge on any atom is -0.497 e. The van der Waals surface area contributed by atoms with Gasteiger partial charge in [-0.15, -0.1) is 5.92 Å². The topological polar surface area (TPSA) is 97.0 Å². The van der Waals surface area contributed by atoms with E-state index in [9.17, 15) is 14.4 Å². The minimum atomic E-state index is -1.40. The quantitative estimate of drug-likeness (QED) is 0.550. The van der Waals surface area contributed by atoms with E-state index in [4.69, 9.17) is 9.47 Å². The predicted molar refractivity (Wildman–Crippen MR) is 111 cm³/mol. The Morgan fingerprint density at radius 3 is 2.48 bits per heavy atom. The Hall–Kier alpha value is -3.99. The number of rotatable bonds is 6. The van der Waals surface area contributed by atoms with E-state index in [1.165, 1.54) is 7.11 Å². The van der Waals surface area contributed by atoms with Crippen LogP contribution in [0.2, 0.25) is 0 Å². The zero-order valence-electron chi connectivity index (χ0n) is 17.2. The molecule has 158 valence electrons. The molecule has 2 aromatic carbocycles. The van der Waals surface area contributed by atoms with Crippen LogP contribution < -0.4 is 20.1 Å². The van der Waals surface area contributed by atoms with Gasteiger partial charge >= 0.3 is 6.03 Å². The molecular formula is C23H21N3O5. The van der Waals surface area contributed by atoms with Gasteiger partial charge in [0.1, 0.15) is 18.1 Å². The molecule has 2 aliphatic rings. The number of fused-ring (bicyclic) bond motifs is 1. The highest BCUT2D eigenvalue weighted by Crippen LogP contribution is 2.33. The predicted octanol–water partition coefficient (Wildman–Crippen LogP) is 1.79. The number of carbonyl (C=O) groups excluding carboxylic acids is 3. The molecule has 0 unspecified atom stereocenters. The Balaban J connectivity index is 1.62. The maximum Gasteiger partial charge on any atom is 0.322 e. The normalized spacial score (nSPS) is 19.3. The number of carbonyl (C=O) groups is 3. The van der Waals surface area contributed by atoms with Gasteiger partial charge in [-0.2, -0.15) is 0 Å². The first kappa shape index (κ1) is 20.3. The van der Waals surface area contributed by atoms with Crippen molar-refractivity contribution in [3.8, 4) is 23.3 Å². The molecule has 0 aromatic heterocycles. The summed E-state index contributed by atoms with van der Waals surface area (Å²) in [5, 5.41) is 5.02. The number of ether oxygens (including phenoxy) is 2. The number of hydrogen-bond donors (Lipinski definition) is 2. The monoisotopic (exact) mass is 419 g/mol. The molecule has 31 heavy (non-hydrogen) atoms. The number of urea groups is 1. The highest BCUT2D eigenvalue weighted by Gasteiger charge is 2.50. The summed E-state index contributed by atoms with van der Waals surface area (Å²) in [6.07, 6.45) is 0. The molecule has 4 rings (SSSR count). The van der Waals surface area contributed by atoms with E-state index in [2.05, 4.69) is 22.5 Å². The highest BCUT2D eigenvalue weighted by atomic mass is 16.5. The van der Waals surface area contributed by atoms with Crippen LogP contribution in [-0.4, -0.2) is 43.0 Å². The maximum absolute atomic E-state index is 13.0. The Kier molecular flexibility index (Phi) is 5.26. The first-order chi connectivity index (χ1) is 15.0. The maximum atomic E-state index is 13.0. The van der Waals surface area contributed by atoms with Gasteiger partial charge in [0, 0.05) is 12.1 Å². The van der Waals surface area contributed by atoms with E-state index in [1.807, 2.05) is 6.07 Å². The SMILES string of the molecule is CC#CCOc1ccc([C@]2(CN3Cc4ccc(OC)cc4C3=O)NC(=O)NC2=O)cc1. The molecule has 0 spiro atoms. The van der Waals surface area contributed by atoms with Crippen LogP contribution in [0.15, 0.2) is 42.5 Å². The van der Waals surface area contributed by atoms with Crippen LogP contribution in [0.1, 0.15) is 28.4 Å². The Morgan fingerprint density at radius 2 is 1.84 bits per heavy atom.